The summed E-state index contributed by atoms with van der Waals surface area (Å²) < 4.78 is 40.8. The van der Waals surface area contributed by atoms with Crippen molar-refractivity contribution in [2.75, 3.05) is 19.6 Å². The van der Waals surface area contributed by atoms with Crippen molar-refractivity contribution in [2.45, 2.75) is 23.8 Å². The molecule has 1 N–H and O–H groups in total. The van der Waals surface area contributed by atoms with Gasteiger partial charge in [0.15, 0.2) is 0 Å². The summed E-state index contributed by atoms with van der Waals surface area (Å²) in [7, 11) is -3.74. The van der Waals surface area contributed by atoms with Gasteiger partial charge in [0.05, 0.1) is 16.0 Å². The van der Waals surface area contributed by atoms with Crippen molar-refractivity contribution in [2.24, 2.45) is 0 Å². The number of hydrogen-bond acceptors (Lipinski definition) is 4. The minimum absolute atomic E-state index is 0.0122. The van der Waals surface area contributed by atoms with Gasteiger partial charge < -0.3 is 0 Å². The van der Waals surface area contributed by atoms with Crippen LogP contribution in [0.3, 0.4) is 0 Å². The SMILES string of the molecule is O=S(=O)(NCC(c1cccs1)N1CCCC1)c1ccc(F)c(Cl)c1. The minimum Gasteiger partial charge on any atom is -0.294 e. The zero-order valence-electron chi connectivity index (χ0n) is 12.9. The quantitative estimate of drug-likeness (QED) is 0.821. The Hall–Kier alpha value is -0.990. The van der Waals surface area contributed by atoms with Crippen LogP contribution in [0.4, 0.5) is 4.39 Å². The van der Waals surface area contributed by atoms with Crippen LogP contribution in [0.1, 0.15) is 23.8 Å². The highest BCUT2D eigenvalue weighted by atomic mass is 35.5. The van der Waals surface area contributed by atoms with Crippen molar-refractivity contribution in [3.05, 3.63) is 51.4 Å². The minimum atomic E-state index is -3.74. The van der Waals surface area contributed by atoms with Crippen LogP contribution < -0.4 is 4.72 Å². The van der Waals surface area contributed by atoms with Crippen molar-refractivity contribution in [1.82, 2.24) is 9.62 Å². The van der Waals surface area contributed by atoms with Gasteiger partial charge in [-0.3, -0.25) is 4.90 Å². The molecule has 0 bridgehead atoms. The van der Waals surface area contributed by atoms with E-state index in [0.717, 1.165) is 42.9 Å². The molecular formula is C16H18ClFN2O2S2. The monoisotopic (exact) mass is 388 g/mol. The van der Waals surface area contributed by atoms with Gasteiger partial charge in [-0.2, -0.15) is 0 Å². The van der Waals surface area contributed by atoms with E-state index >= 15 is 0 Å². The predicted molar refractivity (Wildman–Crippen MR) is 94.5 cm³/mol. The fourth-order valence-corrected chi connectivity index (χ4v) is 5.03. The number of nitrogens with zero attached hydrogens (tertiary/aromatic N) is 1. The number of hydrogen-bond donors (Lipinski definition) is 1. The molecule has 2 heterocycles. The second kappa shape index (κ2) is 7.49. The highest BCUT2D eigenvalue weighted by Crippen LogP contribution is 2.28. The third kappa shape index (κ3) is 3.97. The molecule has 3 rings (SSSR count). The maximum Gasteiger partial charge on any atom is 0.240 e. The van der Waals surface area contributed by atoms with Crippen LogP contribution in [-0.4, -0.2) is 33.0 Å². The average Bonchev–Trinajstić information content (AvgIpc) is 3.24. The first kappa shape index (κ1) is 17.8. The van der Waals surface area contributed by atoms with E-state index in [2.05, 4.69) is 9.62 Å². The fraction of sp³-hybridized carbons (Fsp3) is 0.375. The summed E-state index contributed by atoms with van der Waals surface area (Å²) >= 11 is 7.32. The Bertz CT molecular complexity index is 790. The number of rotatable bonds is 6. The van der Waals surface area contributed by atoms with Crippen molar-refractivity contribution in [1.29, 1.82) is 0 Å². The van der Waals surface area contributed by atoms with Gasteiger partial charge >= 0.3 is 0 Å². The Balaban J connectivity index is 1.76. The van der Waals surface area contributed by atoms with Crippen LogP contribution in [0.25, 0.3) is 0 Å². The van der Waals surface area contributed by atoms with Crippen LogP contribution >= 0.6 is 22.9 Å². The molecule has 1 aromatic heterocycles. The number of nitrogens with one attached hydrogen (secondary N) is 1. The van der Waals surface area contributed by atoms with Crippen LogP contribution in [0.2, 0.25) is 5.02 Å². The molecule has 0 amide bonds. The first-order valence-corrected chi connectivity index (χ1v) is 10.4. The zero-order valence-corrected chi connectivity index (χ0v) is 15.3. The summed E-state index contributed by atoms with van der Waals surface area (Å²) in [6.45, 7) is 2.21. The summed E-state index contributed by atoms with van der Waals surface area (Å²) in [4.78, 5) is 3.41. The lowest BCUT2D eigenvalue weighted by Gasteiger charge is -2.26. The molecule has 2 aromatic rings. The van der Waals surface area contributed by atoms with Crippen LogP contribution in [0.5, 0.6) is 0 Å². The van der Waals surface area contributed by atoms with Crippen molar-refractivity contribution >= 4 is 33.0 Å². The van der Waals surface area contributed by atoms with E-state index in [1.807, 2.05) is 17.5 Å². The number of likely N-dealkylation sites (tertiary alicyclic amines) is 1. The third-order valence-corrected chi connectivity index (χ3v) is 6.81. The van der Waals surface area contributed by atoms with Crippen LogP contribution in [0.15, 0.2) is 40.6 Å². The lowest BCUT2D eigenvalue weighted by Crippen LogP contribution is -2.36. The van der Waals surface area contributed by atoms with E-state index in [-0.39, 0.29) is 22.5 Å². The van der Waals surface area contributed by atoms with E-state index < -0.39 is 15.8 Å². The van der Waals surface area contributed by atoms with Gasteiger partial charge in [-0.1, -0.05) is 17.7 Å². The third-order valence-electron chi connectivity index (χ3n) is 4.12. The smallest absolute Gasteiger partial charge is 0.240 e. The molecule has 1 atom stereocenters. The standard InChI is InChI=1S/C16H18ClFN2O2S2/c17-13-10-12(5-6-14(13)18)24(21,22)19-11-15(16-4-3-9-23-16)20-7-1-2-8-20/h3-6,9-10,15,19H,1-2,7-8,11H2. The topological polar surface area (TPSA) is 49.4 Å². The average molecular weight is 389 g/mol. The molecule has 1 aliphatic rings. The summed E-state index contributed by atoms with van der Waals surface area (Å²) in [6, 6.07) is 7.43. The van der Waals surface area contributed by atoms with Gasteiger partial charge in [0.1, 0.15) is 5.82 Å². The normalized spacial score (nSPS) is 17.2. The van der Waals surface area contributed by atoms with E-state index in [4.69, 9.17) is 11.6 Å². The maximum absolute atomic E-state index is 13.2. The van der Waals surface area contributed by atoms with Gasteiger partial charge in [-0.05, 0) is 55.6 Å². The molecule has 1 aromatic carbocycles. The molecule has 1 fully saturated rings. The maximum atomic E-state index is 13.2. The molecule has 1 saturated heterocycles. The second-order valence-corrected chi connectivity index (χ2v) is 8.86. The number of benzene rings is 1. The highest BCUT2D eigenvalue weighted by Gasteiger charge is 2.26. The van der Waals surface area contributed by atoms with Crippen molar-refractivity contribution in [3.8, 4) is 0 Å². The van der Waals surface area contributed by atoms with Gasteiger partial charge in [-0.25, -0.2) is 17.5 Å². The molecule has 0 spiro atoms. The van der Waals surface area contributed by atoms with E-state index in [1.54, 1.807) is 11.3 Å². The predicted octanol–water partition coefficient (Wildman–Crippen LogP) is 3.66. The Morgan fingerprint density at radius 2 is 2.04 bits per heavy atom. The number of thiophene rings is 1. The molecule has 1 unspecified atom stereocenters. The van der Waals surface area contributed by atoms with Crippen molar-refractivity contribution < 1.29 is 12.8 Å². The summed E-state index contributed by atoms with van der Waals surface area (Å²) in [5.41, 5.74) is 0. The first-order chi connectivity index (χ1) is 11.5. The fourth-order valence-electron chi connectivity index (χ4n) is 2.86. The number of halogens is 2. The van der Waals surface area contributed by atoms with E-state index in [0.29, 0.717) is 0 Å². The van der Waals surface area contributed by atoms with E-state index in [9.17, 15) is 12.8 Å². The Labute approximate surface area is 150 Å². The summed E-state index contributed by atoms with van der Waals surface area (Å²) in [6.07, 6.45) is 2.25. The molecule has 4 nitrogen and oxygen atoms in total. The molecule has 130 valence electrons. The first-order valence-electron chi connectivity index (χ1n) is 7.69. The Kier molecular flexibility index (Phi) is 5.56. The van der Waals surface area contributed by atoms with Gasteiger partial charge in [0.2, 0.25) is 10.0 Å². The highest BCUT2D eigenvalue weighted by molar-refractivity contribution is 7.89. The number of sulfonamides is 1. The van der Waals surface area contributed by atoms with E-state index in [1.165, 1.54) is 6.07 Å². The molecule has 24 heavy (non-hydrogen) atoms. The van der Waals surface area contributed by atoms with Gasteiger partial charge in [-0.15, -0.1) is 11.3 Å². The molecular weight excluding hydrogens is 371 g/mol. The van der Waals surface area contributed by atoms with Crippen LogP contribution in [-0.2, 0) is 10.0 Å². The van der Waals surface area contributed by atoms with Crippen molar-refractivity contribution in [3.63, 3.8) is 0 Å². The summed E-state index contributed by atoms with van der Waals surface area (Å²) in [5, 5.41) is 1.79. The molecule has 0 aliphatic carbocycles. The Morgan fingerprint density at radius 1 is 1.29 bits per heavy atom. The molecule has 1 aliphatic heterocycles. The second-order valence-electron chi connectivity index (χ2n) is 5.70. The molecule has 0 radical (unpaired) electrons. The lowest BCUT2D eigenvalue weighted by atomic mass is 10.2. The zero-order chi connectivity index (χ0) is 17.2. The van der Waals surface area contributed by atoms with Gasteiger partial charge in [0, 0.05) is 11.4 Å². The molecule has 8 heteroatoms. The Morgan fingerprint density at radius 3 is 2.67 bits per heavy atom. The lowest BCUT2D eigenvalue weighted by molar-refractivity contribution is 0.250. The largest absolute Gasteiger partial charge is 0.294 e. The van der Waals surface area contributed by atoms with Gasteiger partial charge in [0.25, 0.3) is 0 Å². The molecule has 0 saturated carbocycles. The summed E-state index contributed by atoms with van der Waals surface area (Å²) in [5.74, 6) is -0.635. The van der Waals surface area contributed by atoms with Crippen LogP contribution in [0, 0.1) is 5.82 Å².